The number of nitrogens with zero attached hydrogens (tertiary/aromatic N) is 1. The first-order valence-electron chi connectivity index (χ1n) is 11.3. The van der Waals surface area contributed by atoms with Gasteiger partial charge in [0.25, 0.3) is 5.91 Å². The van der Waals surface area contributed by atoms with Gasteiger partial charge in [0, 0.05) is 23.5 Å². The van der Waals surface area contributed by atoms with Crippen LogP contribution < -0.4 is 20.7 Å². The number of furan rings is 1. The van der Waals surface area contributed by atoms with Crippen molar-refractivity contribution in [2.75, 3.05) is 24.4 Å². The second kappa shape index (κ2) is 13.1. The van der Waals surface area contributed by atoms with Gasteiger partial charge < -0.3 is 29.8 Å². The number of amides is 3. The second-order valence-electron chi connectivity index (χ2n) is 7.59. The van der Waals surface area contributed by atoms with Crippen molar-refractivity contribution >= 4 is 41.1 Å². The Labute approximate surface area is 218 Å². The minimum absolute atomic E-state index is 0.111. The number of nitrogens with one attached hydrogen (secondary N) is 3. The van der Waals surface area contributed by atoms with Crippen molar-refractivity contribution in [3.63, 3.8) is 0 Å². The first kappa shape index (κ1) is 27.2. The van der Waals surface area contributed by atoms with Gasteiger partial charge in [-0.15, -0.1) is 0 Å². The van der Waals surface area contributed by atoms with Crippen LogP contribution in [0.4, 0.5) is 11.4 Å². The van der Waals surface area contributed by atoms with E-state index in [0.29, 0.717) is 28.4 Å². The molecule has 3 aromatic rings. The molecule has 194 valence electrons. The number of carbonyl (C=O) groups is 4. The summed E-state index contributed by atoms with van der Waals surface area (Å²) in [6, 6.07) is 17.4. The highest BCUT2D eigenvalue weighted by atomic mass is 16.5. The number of anilines is 2. The molecule has 11 nitrogen and oxygen atoms in total. The second-order valence-corrected chi connectivity index (χ2v) is 7.59. The molecule has 0 aliphatic carbocycles. The predicted octanol–water partition coefficient (Wildman–Crippen LogP) is 3.27. The molecular formula is C27H24N4O7. The van der Waals surface area contributed by atoms with E-state index in [2.05, 4.69) is 16.0 Å². The highest BCUT2D eigenvalue weighted by Gasteiger charge is 2.16. The van der Waals surface area contributed by atoms with Gasteiger partial charge in [-0.05, 0) is 55.5 Å². The molecule has 3 N–H and O–H groups in total. The zero-order valence-electron chi connectivity index (χ0n) is 20.6. The summed E-state index contributed by atoms with van der Waals surface area (Å²) < 4.78 is 15.5. The lowest BCUT2D eigenvalue weighted by atomic mass is 10.2. The maximum absolute atomic E-state index is 12.5. The molecule has 0 bridgehead atoms. The Hall–Kier alpha value is -5.37. The van der Waals surface area contributed by atoms with E-state index in [4.69, 9.17) is 13.9 Å². The minimum Gasteiger partial charge on any atom is -0.497 e. The molecule has 3 rings (SSSR count). The van der Waals surface area contributed by atoms with Crippen LogP contribution in [0.2, 0.25) is 0 Å². The number of esters is 1. The summed E-state index contributed by atoms with van der Waals surface area (Å²) in [5.74, 6) is -1.91. The monoisotopic (exact) mass is 516 g/mol. The van der Waals surface area contributed by atoms with Crippen LogP contribution in [0.1, 0.15) is 28.8 Å². The normalized spacial score (nSPS) is 10.6. The maximum atomic E-state index is 12.5. The van der Waals surface area contributed by atoms with Crippen molar-refractivity contribution in [3.8, 4) is 11.8 Å². The number of hydrogen-bond acceptors (Lipinski definition) is 8. The van der Waals surface area contributed by atoms with Gasteiger partial charge in [-0.3, -0.25) is 14.4 Å². The van der Waals surface area contributed by atoms with Gasteiger partial charge in [0.15, 0.2) is 0 Å². The zero-order valence-corrected chi connectivity index (χ0v) is 20.6. The van der Waals surface area contributed by atoms with Crippen LogP contribution in [0.15, 0.2) is 70.7 Å². The van der Waals surface area contributed by atoms with Crippen LogP contribution in [0.5, 0.6) is 5.75 Å². The molecular weight excluding hydrogens is 492 g/mol. The number of rotatable bonds is 9. The molecule has 0 aliphatic rings. The quantitative estimate of drug-likeness (QED) is 0.169. The fraction of sp³-hybridized carbons (Fsp3) is 0.148. The van der Waals surface area contributed by atoms with Crippen LogP contribution in [-0.4, -0.2) is 37.4 Å². The van der Waals surface area contributed by atoms with E-state index in [-0.39, 0.29) is 24.5 Å². The molecule has 0 fully saturated rings. The molecule has 0 saturated heterocycles. The first-order chi connectivity index (χ1) is 18.3. The van der Waals surface area contributed by atoms with E-state index >= 15 is 0 Å². The van der Waals surface area contributed by atoms with Crippen LogP contribution in [-0.2, 0) is 25.7 Å². The van der Waals surface area contributed by atoms with Gasteiger partial charge in [-0.25, -0.2) is 4.79 Å². The van der Waals surface area contributed by atoms with E-state index in [9.17, 15) is 24.4 Å². The van der Waals surface area contributed by atoms with Gasteiger partial charge in [0.1, 0.15) is 28.9 Å². The Morgan fingerprint density at radius 2 is 1.68 bits per heavy atom. The lowest BCUT2D eigenvalue weighted by Gasteiger charge is -2.07. The van der Waals surface area contributed by atoms with E-state index in [1.807, 2.05) is 6.07 Å². The first-order valence-corrected chi connectivity index (χ1v) is 11.3. The van der Waals surface area contributed by atoms with Crippen molar-refractivity contribution in [1.82, 2.24) is 5.32 Å². The molecule has 3 amide bonds. The van der Waals surface area contributed by atoms with Crippen LogP contribution in [0, 0.1) is 11.3 Å². The molecule has 0 atom stereocenters. The largest absolute Gasteiger partial charge is 0.497 e. The Bertz CT molecular complexity index is 1400. The average molecular weight is 517 g/mol. The summed E-state index contributed by atoms with van der Waals surface area (Å²) in [5.41, 5.74) is 0.881. The van der Waals surface area contributed by atoms with Crippen LogP contribution in [0.25, 0.3) is 6.08 Å². The number of hydrogen-bond donors (Lipinski definition) is 3. The number of nitriles is 1. The molecule has 0 saturated carbocycles. The number of benzene rings is 2. The Kier molecular flexibility index (Phi) is 9.37. The molecule has 11 heteroatoms. The topological polar surface area (TPSA) is 160 Å². The van der Waals surface area contributed by atoms with E-state index < -0.39 is 23.7 Å². The summed E-state index contributed by atoms with van der Waals surface area (Å²) in [6.07, 6.45) is 1.26. The summed E-state index contributed by atoms with van der Waals surface area (Å²) in [4.78, 5) is 48.5. The van der Waals surface area contributed by atoms with E-state index in [1.54, 1.807) is 31.2 Å². The summed E-state index contributed by atoms with van der Waals surface area (Å²) >= 11 is 0. The molecule has 1 aromatic heterocycles. The fourth-order valence-electron chi connectivity index (χ4n) is 3.10. The molecule has 0 spiro atoms. The fourth-order valence-corrected chi connectivity index (χ4v) is 3.10. The number of carbonyl (C=O) groups excluding carboxylic acids is 4. The van der Waals surface area contributed by atoms with Gasteiger partial charge in [0.2, 0.25) is 0 Å². The summed E-state index contributed by atoms with van der Waals surface area (Å²) in [5, 5.41) is 16.8. The number of ether oxygens (including phenoxy) is 2. The third kappa shape index (κ3) is 7.56. The molecule has 1 heterocycles. The third-order valence-corrected chi connectivity index (χ3v) is 4.95. The zero-order chi connectivity index (χ0) is 27.5. The Morgan fingerprint density at radius 3 is 2.37 bits per heavy atom. The van der Waals surface area contributed by atoms with Gasteiger partial charge in [0.05, 0.1) is 25.8 Å². The summed E-state index contributed by atoms with van der Waals surface area (Å²) in [7, 11) is 1.50. The Morgan fingerprint density at radius 1 is 0.947 bits per heavy atom. The highest BCUT2D eigenvalue weighted by molar-refractivity contribution is 6.39. The van der Waals surface area contributed by atoms with E-state index in [1.165, 1.54) is 49.6 Å². The smallest absolute Gasteiger partial charge is 0.338 e. The molecule has 38 heavy (non-hydrogen) atoms. The molecule has 0 unspecified atom stereocenters. The minimum atomic E-state index is -0.915. The average Bonchev–Trinajstić information content (AvgIpc) is 3.38. The standard InChI is InChI=1S/C27H24N4O7/c1-3-37-27(35)17-7-9-19(10-8-17)30-26(34)25(33)29-16-23-12-11-22(38-23)13-18(15-28)24(32)31-20-5-4-6-21(14-20)36-2/h4-14H,3,16H2,1-2H3,(H,29,33)(H,30,34)(H,31,32)/b18-13-. The molecule has 0 aliphatic heterocycles. The lowest BCUT2D eigenvalue weighted by Crippen LogP contribution is -2.34. The summed E-state index contributed by atoms with van der Waals surface area (Å²) in [6.45, 7) is 1.82. The van der Waals surface area contributed by atoms with Gasteiger partial charge in [-0.1, -0.05) is 6.07 Å². The lowest BCUT2D eigenvalue weighted by molar-refractivity contribution is -0.136. The van der Waals surface area contributed by atoms with Crippen molar-refractivity contribution in [1.29, 1.82) is 5.26 Å². The van der Waals surface area contributed by atoms with E-state index in [0.717, 1.165) is 0 Å². The number of methoxy groups -OCH3 is 1. The Balaban J connectivity index is 1.54. The SMILES string of the molecule is CCOC(=O)c1ccc(NC(=O)C(=O)NCc2ccc(/C=C(/C#N)C(=O)Nc3cccc(OC)c3)o2)cc1. The van der Waals surface area contributed by atoms with Crippen LogP contribution >= 0.6 is 0 Å². The predicted molar refractivity (Wildman–Crippen MR) is 137 cm³/mol. The van der Waals surface area contributed by atoms with Gasteiger partial charge in [-0.2, -0.15) is 5.26 Å². The van der Waals surface area contributed by atoms with Crippen LogP contribution in [0.3, 0.4) is 0 Å². The van der Waals surface area contributed by atoms with Crippen molar-refractivity contribution in [2.24, 2.45) is 0 Å². The van der Waals surface area contributed by atoms with Crippen molar-refractivity contribution in [2.45, 2.75) is 13.5 Å². The van der Waals surface area contributed by atoms with Gasteiger partial charge >= 0.3 is 17.8 Å². The maximum Gasteiger partial charge on any atom is 0.338 e. The highest BCUT2D eigenvalue weighted by Crippen LogP contribution is 2.18. The molecule has 2 aromatic carbocycles. The third-order valence-electron chi connectivity index (χ3n) is 4.95. The van der Waals surface area contributed by atoms with Crippen molar-refractivity contribution < 1.29 is 33.1 Å². The molecule has 0 radical (unpaired) electrons. The van der Waals surface area contributed by atoms with Crippen molar-refractivity contribution in [3.05, 3.63) is 83.3 Å².